The van der Waals surface area contributed by atoms with E-state index >= 15 is 0 Å². The summed E-state index contributed by atoms with van der Waals surface area (Å²) in [5, 5.41) is 21.5. The summed E-state index contributed by atoms with van der Waals surface area (Å²) in [6.07, 6.45) is 1.08. The van der Waals surface area contributed by atoms with Gasteiger partial charge in [0.25, 0.3) is 11.2 Å². The van der Waals surface area contributed by atoms with Gasteiger partial charge in [-0.15, -0.1) is 0 Å². The van der Waals surface area contributed by atoms with Gasteiger partial charge in [-0.3, -0.25) is 24.9 Å². The Kier molecular flexibility index (Phi) is 5.26. The molecule has 1 aromatic heterocycles. The van der Waals surface area contributed by atoms with E-state index in [1.54, 1.807) is 31.2 Å². The zero-order chi connectivity index (χ0) is 21.1. The van der Waals surface area contributed by atoms with Gasteiger partial charge in [-0.2, -0.15) is 0 Å². The number of benzene rings is 2. The third-order valence-electron chi connectivity index (χ3n) is 4.17. The zero-order valence-electron chi connectivity index (χ0n) is 15.4. The van der Waals surface area contributed by atoms with Crippen LogP contribution in [0.5, 0.6) is 11.6 Å². The fourth-order valence-electron chi connectivity index (χ4n) is 2.76. The lowest BCUT2D eigenvalue weighted by Crippen LogP contribution is -2.31. The molecule has 1 heterocycles. The molecule has 0 unspecified atom stereocenters. The number of aromatic amines is 1. The topological polar surface area (TPSA) is 140 Å². The van der Waals surface area contributed by atoms with Gasteiger partial charge < -0.3 is 9.84 Å². The van der Waals surface area contributed by atoms with Gasteiger partial charge in [-0.25, -0.2) is 9.36 Å². The van der Waals surface area contributed by atoms with Gasteiger partial charge in [-0.1, -0.05) is 12.1 Å². The number of hydrogen-bond donors (Lipinski definition) is 2. The Hall–Kier alpha value is -4.21. The standard InChI is InChI=1S/C19H16N4O6/c1-11-9-12(7-8-14(11)23(27)28)20-10-13-17(24)21-19(26)22(18(13)25)15-5-3-4-6-16(15)29-2/h3-10,25H,1-2H3,(H,21,24,26). The van der Waals surface area contributed by atoms with Crippen LogP contribution in [-0.2, 0) is 0 Å². The predicted octanol–water partition coefficient (Wildman–Crippen LogP) is 2.21. The lowest BCUT2D eigenvalue weighted by atomic mass is 10.2. The van der Waals surface area contributed by atoms with Gasteiger partial charge >= 0.3 is 5.69 Å². The second-order valence-corrected chi connectivity index (χ2v) is 5.99. The Morgan fingerprint density at radius 2 is 1.97 bits per heavy atom. The molecule has 0 radical (unpaired) electrons. The summed E-state index contributed by atoms with van der Waals surface area (Å²) in [7, 11) is 1.41. The van der Waals surface area contributed by atoms with E-state index in [4.69, 9.17) is 4.74 Å². The van der Waals surface area contributed by atoms with Crippen molar-refractivity contribution in [3.05, 3.63) is 84.5 Å². The maximum absolute atomic E-state index is 12.3. The highest BCUT2D eigenvalue weighted by Crippen LogP contribution is 2.26. The van der Waals surface area contributed by atoms with Crippen molar-refractivity contribution in [1.29, 1.82) is 0 Å². The van der Waals surface area contributed by atoms with Crippen molar-refractivity contribution >= 4 is 17.6 Å². The lowest BCUT2D eigenvalue weighted by Gasteiger charge is -2.12. The number of methoxy groups -OCH3 is 1. The number of nitrogens with one attached hydrogen (secondary N) is 1. The molecule has 29 heavy (non-hydrogen) atoms. The molecule has 2 aromatic carbocycles. The van der Waals surface area contributed by atoms with Gasteiger partial charge in [0.05, 0.1) is 23.4 Å². The molecule has 0 saturated carbocycles. The van der Waals surface area contributed by atoms with Gasteiger partial charge in [0.1, 0.15) is 11.3 Å². The van der Waals surface area contributed by atoms with E-state index < -0.39 is 22.1 Å². The average Bonchev–Trinajstić information content (AvgIpc) is 2.67. The number of H-pyrrole nitrogens is 1. The van der Waals surface area contributed by atoms with Crippen molar-refractivity contribution in [2.75, 3.05) is 7.11 Å². The number of hydrogen-bond acceptors (Lipinski definition) is 7. The van der Waals surface area contributed by atoms with Crippen LogP contribution in [0.1, 0.15) is 11.1 Å². The van der Waals surface area contributed by atoms with Crippen LogP contribution >= 0.6 is 0 Å². The van der Waals surface area contributed by atoms with Crippen molar-refractivity contribution in [3.8, 4) is 17.3 Å². The van der Waals surface area contributed by atoms with Crippen LogP contribution in [0.3, 0.4) is 0 Å². The largest absolute Gasteiger partial charge is 0.495 e. The van der Waals surface area contributed by atoms with Gasteiger partial charge in [0.15, 0.2) is 0 Å². The number of aromatic nitrogens is 2. The SMILES string of the molecule is COc1ccccc1-n1c(O)c(C=Nc2ccc([N+](=O)[O-])c(C)c2)c(=O)[nH]c1=O. The van der Waals surface area contributed by atoms with Crippen molar-refractivity contribution in [2.45, 2.75) is 6.92 Å². The molecule has 0 aliphatic heterocycles. The number of nitro groups is 1. The molecule has 10 heteroatoms. The number of ether oxygens (including phenoxy) is 1. The zero-order valence-corrected chi connectivity index (χ0v) is 15.4. The van der Waals surface area contributed by atoms with Crippen LogP contribution in [0.2, 0.25) is 0 Å². The first kappa shape index (κ1) is 19.5. The fraction of sp³-hybridized carbons (Fsp3) is 0.105. The molecule has 148 valence electrons. The minimum absolute atomic E-state index is 0.0608. The van der Waals surface area contributed by atoms with E-state index in [1.165, 1.54) is 25.3 Å². The van der Waals surface area contributed by atoms with Crippen LogP contribution in [0.4, 0.5) is 11.4 Å². The molecule has 0 amide bonds. The molecule has 10 nitrogen and oxygen atoms in total. The second-order valence-electron chi connectivity index (χ2n) is 5.99. The minimum Gasteiger partial charge on any atom is -0.495 e. The molecule has 0 atom stereocenters. The summed E-state index contributed by atoms with van der Waals surface area (Å²) in [6, 6.07) is 10.6. The predicted molar refractivity (Wildman–Crippen MR) is 106 cm³/mol. The molecule has 0 bridgehead atoms. The van der Waals surface area contributed by atoms with Gasteiger partial charge in [0, 0.05) is 17.8 Å². The van der Waals surface area contributed by atoms with Crippen molar-refractivity contribution in [1.82, 2.24) is 9.55 Å². The minimum atomic E-state index is -0.847. The molecule has 2 N–H and O–H groups in total. The van der Waals surface area contributed by atoms with Crippen molar-refractivity contribution in [2.24, 2.45) is 4.99 Å². The number of aliphatic imine (C=N–C) groups is 1. The normalized spacial score (nSPS) is 11.0. The molecular weight excluding hydrogens is 380 g/mol. The highest BCUT2D eigenvalue weighted by molar-refractivity contribution is 5.84. The van der Waals surface area contributed by atoms with Crippen LogP contribution in [0.25, 0.3) is 5.69 Å². The van der Waals surface area contributed by atoms with E-state index in [0.29, 0.717) is 17.0 Å². The quantitative estimate of drug-likeness (QED) is 0.385. The number of aromatic hydroxyl groups is 1. The molecule has 0 spiro atoms. The molecule has 3 rings (SSSR count). The van der Waals surface area contributed by atoms with Crippen LogP contribution in [-0.4, -0.2) is 32.9 Å². The monoisotopic (exact) mass is 396 g/mol. The van der Waals surface area contributed by atoms with E-state index in [0.717, 1.165) is 10.8 Å². The average molecular weight is 396 g/mol. The molecule has 3 aromatic rings. The molecule has 0 aliphatic rings. The maximum atomic E-state index is 12.3. The first-order valence-corrected chi connectivity index (χ1v) is 8.34. The van der Waals surface area contributed by atoms with Crippen LogP contribution in [0, 0.1) is 17.0 Å². The molecule has 0 aliphatic carbocycles. The summed E-state index contributed by atoms with van der Waals surface area (Å²) in [6.45, 7) is 1.56. The molecule has 0 saturated heterocycles. The first-order chi connectivity index (χ1) is 13.8. The Bertz CT molecular complexity index is 1240. The summed E-state index contributed by atoms with van der Waals surface area (Å²) in [4.78, 5) is 41.1. The van der Waals surface area contributed by atoms with Crippen molar-refractivity contribution in [3.63, 3.8) is 0 Å². The van der Waals surface area contributed by atoms with E-state index in [9.17, 15) is 24.8 Å². The number of para-hydroxylation sites is 2. The number of aryl methyl sites for hydroxylation is 1. The first-order valence-electron chi connectivity index (χ1n) is 8.34. The summed E-state index contributed by atoms with van der Waals surface area (Å²) in [5.74, 6) is -0.309. The molecular formula is C19H16N4O6. The van der Waals surface area contributed by atoms with Crippen LogP contribution in [0.15, 0.2) is 57.0 Å². The highest BCUT2D eigenvalue weighted by Gasteiger charge is 2.17. The van der Waals surface area contributed by atoms with Gasteiger partial charge in [-0.05, 0) is 31.2 Å². The van der Waals surface area contributed by atoms with E-state index in [1.807, 2.05) is 0 Å². The summed E-state index contributed by atoms with van der Waals surface area (Å²) >= 11 is 0. The maximum Gasteiger partial charge on any atom is 0.335 e. The summed E-state index contributed by atoms with van der Waals surface area (Å²) in [5.41, 5.74) is -1.04. The highest BCUT2D eigenvalue weighted by atomic mass is 16.6. The van der Waals surface area contributed by atoms with Crippen molar-refractivity contribution < 1.29 is 14.8 Å². The number of rotatable bonds is 5. The molecule has 0 fully saturated rings. The Morgan fingerprint density at radius 1 is 1.24 bits per heavy atom. The third kappa shape index (κ3) is 3.76. The van der Waals surface area contributed by atoms with Crippen LogP contribution < -0.4 is 16.0 Å². The number of nitrogens with zero attached hydrogens (tertiary/aromatic N) is 3. The third-order valence-corrected chi connectivity index (χ3v) is 4.17. The fourth-order valence-corrected chi connectivity index (χ4v) is 2.76. The van der Waals surface area contributed by atoms with E-state index in [2.05, 4.69) is 9.98 Å². The lowest BCUT2D eigenvalue weighted by molar-refractivity contribution is -0.385. The number of nitro benzene ring substituents is 1. The van der Waals surface area contributed by atoms with Gasteiger partial charge in [0.2, 0.25) is 5.88 Å². The Balaban J connectivity index is 2.11. The smallest absolute Gasteiger partial charge is 0.335 e. The summed E-state index contributed by atoms with van der Waals surface area (Å²) < 4.78 is 6.09. The Labute approximate surface area is 163 Å². The Morgan fingerprint density at radius 3 is 2.62 bits per heavy atom. The van der Waals surface area contributed by atoms with E-state index in [-0.39, 0.29) is 16.9 Å². The second kappa shape index (κ2) is 7.80.